The summed E-state index contributed by atoms with van der Waals surface area (Å²) in [5, 5.41) is 5.73. The smallest absolute Gasteiger partial charge is 0.276 e. The minimum absolute atomic E-state index is 0.0761. The number of methoxy groups -OCH3 is 1. The van der Waals surface area contributed by atoms with Crippen LogP contribution in [-0.2, 0) is 4.79 Å². The third kappa shape index (κ3) is 4.46. The van der Waals surface area contributed by atoms with Gasteiger partial charge in [0.05, 0.1) is 29.8 Å². The molecule has 158 valence electrons. The summed E-state index contributed by atoms with van der Waals surface area (Å²) in [4.78, 5) is 30.4. The van der Waals surface area contributed by atoms with Crippen LogP contribution in [0, 0.1) is 6.92 Å². The fourth-order valence-electron chi connectivity index (χ4n) is 3.05. The number of thioether (sulfide) groups is 1. The molecule has 1 amide bonds. The Morgan fingerprint density at radius 3 is 2.84 bits per heavy atom. The number of benzene rings is 2. The van der Waals surface area contributed by atoms with Crippen molar-refractivity contribution in [2.75, 3.05) is 18.2 Å². The number of aromatic nitrogens is 2. The van der Waals surface area contributed by atoms with Gasteiger partial charge in [-0.1, -0.05) is 35.5 Å². The number of nitrogens with zero attached hydrogens (tertiary/aromatic N) is 2. The van der Waals surface area contributed by atoms with E-state index >= 15 is 0 Å². The van der Waals surface area contributed by atoms with Crippen LogP contribution in [0.15, 0.2) is 63.9 Å². The Morgan fingerprint density at radius 2 is 2.06 bits per heavy atom. The Bertz CT molecular complexity index is 1330. The lowest BCUT2D eigenvalue weighted by molar-refractivity contribution is -0.113. The second-order valence-electron chi connectivity index (χ2n) is 6.64. The van der Waals surface area contributed by atoms with E-state index in [1.54, 1.807) is 37.4 Å². The molecule has 4 rings (SSSR count). The Hall–Kier alpha value is -2.81. The lowest BCUT2D eigenvalue weighted by Crippen LogP contribution is -2.22. The van der Waals surface area contributed by atoms with Crippen LogP contribution in [0.5, 0.6) is 5.75 Å². The van der Waals surface area contributed by atoms with Crippen LogP contribution in [0.4, 0.5) is 5.69 Å². The van der Waals surface area contributed by atoms with Crippen molar-refractivity contribution in [2.24, 2.45) is 0 Å². The third-order valence-corrected chi connectivity index (χ3v) is 6.82. The van der Waals surface area contributed by atoms with Crippen LogP contribution in [-0.4, -0.2) is 28.3 Å². The summed E-state index contributed by atoms with van der Waals surface area (Å²) in [6.07, 6.45) is 0. The van der Waals surface area contributed by atoms with Crippen molar-refractivity contribution >= 4 is 56.5 Å². The second kappa shape index (κ2) is 9.13. The van der Waals surface area contributed by atoms with Gasteiger partial charge in [-0.3, -0.25) is 14.2 Å². The molecule has 9 heteroatoms. The van der Waals surface area contributed by atoms with Crippen molar-refractivity contribution in [1.29, 1.82) is 0 Å². The van der Waals surface area contributed by atoms with E-state index in [1.807, 2.05) is 30.5 Å². The first kappa shape index (κ1) is 21.4. The van der Waals surface area contributed by atoms with E-state index in [0.29, 0.717) is 37.5 Å². The molecule has 0 radical (unpaired) electrons. The van der Waals surface area contributed by atoms with Crippen molar-refractivity contribution in [3.63, 3.8) is 0 Å². The van der Waals surface area contributed by atoms with Crippen LogP contribution in [0.1, 0.15) is 5.56 Å². The molecule has 4 aromatic rings. The highest BCUT2D eigenvalue weighted by atomic mass is 35.5. The number of ether oxygens (including phenoxy) is 1. The molecule has 2 aromatic carbocycles. The van der Waals surface area contributed by atoms with Crippen molar-refractivity contribution in [1.82, 2.24) is 9.55 Å². The highest BCUT2D eigenvalue weighted by molar-refractivity contribution is 7.99. The van der Waals surface area contributed by atoms with Gasteiger partial charge in [-0.05, 0) is 54.3 Å². The van der Waals surface area contributed by atoms with Gasteiger partial charge in [0.1, 0.15) is 10.4 Å². The zero-order valence-corrected chi connectivity index (χ0v) is 19.1. The van der Waals surface area contributed by atoms with Crippen molar-refractivity contribution in [2.45, 2.75) is 12.1 Å². The van der Waals surface area contributed by atoms with Gasteiger partial charge in [0.15, 0.2) is 5.16 Å². The van der Waals surface area contributed by atoms with Crippen LogP contribution < -0.4 is 15.6 Å². The van der Waals surface area contributed by atoms with Crippen molar-refractivity contribution in [3.05, 3.63) is 74.9 Å². The lowest BCUT2D eigenvalue weighted by atomic mass is 10.2. The van der Waals surface area contributed by atoms with E-state index in [-0.39, 0.29) is 17.2 Å². The second-order valence-corrected chi connectivity index (χ2v) is 8.91. The maximum atomic E-state index is 13.2. The molecule has 0 aliphatic rings. The molecular weight excluding hydrogens is 454 g/mol. The fourth-order valence-corrected chi connectivity index (χ4v) is 4.74. The summed E-state index contributed by atoms with van der Waals surface area (Å²) >= 11 is 8.70. The molecule has 2 heterocycles. The van der Waals surface area contributed by atoms with Crippen molar-refractivity contribution in [3.8, 4) is 11.4 Å². The first-order chi connectivity index (χ1) is 15.0. The Balaban J connectivity index is 1.66. The monoisotopic (exact) mass is 471 g/mol. The summed E-state index contributed by atoms with van der Waals surface area (Å²) in [5.74, 6) is 0.424. The molecule has 0 aliphatic carbocycles. The number of amides is 1. The average Bonchev–Trinajstić information content (AvgIpc) is 3.24. The Labute approximate surface area is 191 Å². The molecule has 0 aliphatic heterocycles. The highest BCUT2D eigenvalue weighted by Gasteiger charge is 2.17. The number of hydrogen-bond acceptors (Lipinski definition) is 6. The Kier molecular flexibility index (Phi) is 6.31. The van der Waals surface area contributed by atoms with Gasteiger partial charge in [0.2, 0.25) is 5.91 Å². The number of anilines is 1. The van der Waals surface area contributed by atoms with E-state index in [2.05, 4.69) is 10.3 Å². The van der Waals surface area contributed by atoms with Crippen LogP contribution >= 0.6 is 34.7 Å². The zero-order valence-electron chi connectivity index (χ0n) is 16.7. The minimum atomic E-state index is -0.229. The van der Waals surface area contributed by atoms with Gasteiger partial charge >= 0.3 is 0 Å². The van der Waals surface area contributed by atoms with Gasteiger partial charge in [-0.15, -0.1) is 11.3 Å². The molecule has 0 unspecified atom stereocenters. The maximum absolute atomic E-state index is 13.2. The fraction of sp³-hybridized carbons (Fsp3) is 0.136. The molecule has 0 saturated heterocycles. The van der Waals surface area contributed by atoms with Gasteiger partial charge in [-0.25, -0.2) is 4.98 Å². The normalized spacial score (nSPS) is 10.9. The molecule has 0 saturated carbocycles. The predicted octanol–water partition coefficient (Wildman–Crippen LogP) is 5.15. The quantitative estimate of drug-likeness (QED) is 0.311. The summed E-state index contributed by atoms with van der Waals surface area (Å²) < 4.78 is 7.37. The van der Waals surface area contributed by atoms with Gasteiger partial charge in [-0.2, -0.15) is 0 Å². The van der Waals surface area contributed by atoms with Gasteiger partial charge in [0.25, 0.3) is 5.56 Å². The summed E-state index contributed by atoms with van der Waals surface area (Å²) in [6.45, 7) is 1.88. The van der Waals surface area contributed by atoms with E-state index in [4.69, 9.17) is 16.3 Å². The molecule has 2 aromatic heterocycles. The first-order valence-electron chi connectivity index (χ1n) is 9.30. The maximum Gasteiger partial charge on any atom is 0.276 e. The zero-order chi connectivity index (χ0) is 22.0. The molecule has 31 heavy (non-hydrogen) atoms. The number of nitrogens with one attached hydrogen (secondary N) is 1. The topological polar surface area (TPSA) is 73.2 Å². The van der Waals surface area contributed by atoms with E-state index in [0.717, 1.165) is 5.56 Å². The van der Waals surface area contributed by atoms with Crippen LogP contribution in [0.25, 0.3) is 15.9 Å². The number of thiophene rings is 1. The standard InChI is InChI=1S/C22H18ClN3O3S2/c1-13-11-14(7-8-15(13)23)26-21(28)20-17(9-10-30-20)25-22(26)31-12-19(27)24-16-5-3-4-6-18(16)29-2/h3-11H,12H2,1-2H3,(H,24,27). The number of carbonyl (C=O) groups is 1. The molecular formula is C22H18ClN3O3S2. The van der Waals surface area contributed by atoms with Gasteiger partial charge in [0, 0.05) is 5.02 Å². The molecule has 0 bridgehead atoms. The molecule has 1 N–H and O–H groups in total. The van der Waals surface area contributed by atoms with E-state index < -0.39 is 0 Å². The number of aryl methyl sites for hydroxylation is 1. The van der Waals surface area contributed by atoms with E-state index in [1.165, 1.54) is 27.7 Å². The SMILES string of the molecule is COc1ccccc1NC(=O)CSc1nc2ccsc2c(=O)n1-c1ccc(Cl)c(C)c1. The lowest BCUT2D eigenvalue weighted by Gasteiger charge is -2.13. The summed E-state index contributed by atoms with van der Waals surface area (Å²) in [6, 6.07) is 14.4. The number of fused-ring (bicyclic) bond motifs is 1. The number of rotatable bonds is 6. The summed E-state index contributed by atoms with van der Waals surface area (Å²) in [5.41, 5.74) is 2.53. The number of para-hydroxylation sites is 2. The predicted molar refractivity (Wildman–Crippen MR) is 127 cm³/mol. The Morgan fingerprint density at radius 1 is 1.26 bits per heavy atom. The minimum Gasteiger partial charge on any atom is -0.495 e. The van der Waals surface area contributed by atoms with E-state index in [9.17, 15) is 9.59 Å². The number of hydrogen-bond donors (Lipinski definition) is 1. The number of carbonyl (C=O) groups excluding carboxylic acids is 1. The largest absolute Gasteiger partial charge is 0.495 e. The molecule has 0 fully saturated rings. The van der Waals surface area contributed by atoms with Crippen LogP contribution in [0.2, 0.25) is 5.02 Å². The summed E-state index contributed by atoms with van der Waals surface area (Å²) in [7, 11) is 1.55. The number of halogens is 1. The third-order valence-electron chi connectivity index (χ3n) is 4.56. The molecule has 0 spiro atoms. The molecule has 0 atom stereocenters. The molecule has 6 nitrogen and oxygen atoms in total. The van der Waals surface area contributed by atoms with Crippen molar-refractivity contribution < 1.29 is 9.53 Å². The first-order valence-corrected chi connectivity index (χ1v) is 11.5. The average molecular weight is 472 g/mol. The van der Waals surface area contributed by atoms with Gasteiger partial charge < -0.3 is 10.1 Å². The highest BCUT2D eigenvalue weighted by Crippen LogP contribution is 2.27. The van der Waals surface area contributed by atoms with Crippen LogP contribution in [0.3, 0.4) is 0 Å².